The smallest absolute Gasteiger partial charge is 0.109 e. The molecule has 0 saturated carbocycles. The molecule has 0 spiro atoms. The first-order valence-corrected chi connectivity index (χ1v) is 3.15. The first-order valence-electron chi connectivity index (χ1n) is 3.15. The molecular weight excluding hydrogens is 118 g/mol. The average Bonchev–Trinajstić information content (AvgIpc) is 2.13. The third-order valence-corrected chi connectivity index (χ3v) is 1.81. The normalized spacial score (nSPS) is 37.7. The van der Waals surface area contributed by atoms with E-state index in [1.165, 1.54) is 0 Å². The van der Waals surface area contributed by atoms with Crippen molar-refractivity contribution in [2.24, 2.45) is 0 Å². The lowest BCUT2D eigenvalue weighted by atomic mass is 10.3. The van der Waals surface area contributed by atoms with Crippen molar-refractivity contribution in [3.8, 4) is 0 Å². The second-order valence-electron chi connectivity index (χ2n) is 2.51. The molecule has 3 nitrogen and oxygen atoms in total. The Labute approximate surface area is 55.2 Å². The van der Waals surface area contributed by atoms with E-state index in [0.717, 1.165) is 13.0 Å². The summed E-state index contributed by atoms with van der Waals surface area (Å²) < 4.78 is 5.05. The van der Waals surface area contributed by atoms with E-state index in [9.17, 15) is 0 Å². The second kappa shape index (κ2) is 2.64. The van der Waals surface area contributed by atoms with Crippen LogP contribution in [0.4, 0.5) is 0 Å². The Balaban J connectivity index is 2.35. The van der Waals surface area contributed by atoms with Gasteiger partial charge in [0.1, 0.15) is 6.23 Å². The van der Waals surface area contributed by atoms with Crippen molar-refractivity contribution in [2.45, 2.75) is 18.8 Å². The molecule has 1 aliphatic heterocycles. The van der Waals surface area contributed by atoms with Crippen molar-refractivity contribution >= 4 is 0 Å². The monoisotopic (exact) mass is 131 g/mol. The molecule has 54 valence electrons. The molecule has 0 aromatic heterocycles. The van der Waals surface area contributed by atoms with Crippen LogP contribution in [-0.2, 0) is 4.74 Å². The molecule has 1 aliphatic rings. The summed E-state index contributed by atoms with van der Waals surface area (Å²) in [6, 6.07) is 0. The van der Waals surface area contributed by atoms with Crippen LogP contribution in [0.1, 0.15) is 6.42 Å². The first-order chi connectivity index (χ1) is 4.24. The fourth-order valence-electron chi connectivity index (χ4n) is 1.10. The average molecular weight is 131 g/mol. The van der Waals surface area contributed by atoms with Crippen LogP contribution in [0.2, 0.25) is 0 Å². The molecule has 0 aromatic rings. The molecule has 3 heteroatoms. The number of methoxy groups -OCH3 is 1. The van der Waals surface area contributed by atoms with Crippen molar-refractivity contribution in [1.82, 2.24) is 4.90 Å². The fraction of sp³-hybridized carbons (Fsp3) is 1.00. The Hall–Kier alpha value is -0.120. The summed E-state index contributed by atoms with van der Waals surface area (Å²) in [5.41, 5.74) is 0. The highest BCUT2D eigenvalue weighted by molar-refractivity contribution is 4.75. The van der Waals surface area contributed by atoms with Gasteiger partial charge in [0, 0.05) is 20.1 Å². The lowest BCUT2D eigenvalue weighted by Gasteiger charge is -2.10. The molecule has 0 bridgehead atoms. The number of ether oxygens (including phenoxy) is 1. The lowest BCUT2D eigenvalue weighted by Crippen LogP contribution is -2.24. The predicted molar refractivity (Wildman–Crippen MR) is 34.1 cm³/mol. The topological polar surface area (TPSA) is 32.7 Å². The zero-order valence-corrected chi connectivity index (χ0v) is 5.87. The number of hydrogen-bond acceptors (Lipinski definition) is 3. The summed E-state index contributed by atoms with van der Waals surface area (Å²) >= 11 is 0. The maximum absolute atomic E-state index is 9.15. The maximum atomic E-state index is 9.15. The Morgan fingerprint density at radius 2 is 2.33 bits per heavy atom. The summed E-state index contributed by atoms with van der Waals surface area (Å²) in [6.45, 7) is 0.845. The van der Waals surface area contributed by atoms with Gasteiger partial charge in [-0.15, -0.1) is 0 Å². The van der Waals surface area contributed by atoms with Gasteiger partial charge >= 0.3 is 0 Å². The quantitative estimate of drug-likeness (QED) is 0.528. The van der Waals surface area contributed by atoms with E-state index in [-0.39, 0.29) is 12.3 Å². The molecule has 1 N–H and O–H groups in total. The number of aliphatic hydroxyl groups excluding tert-OH is 1. The van der Waals surface area contributed by atoms with Crippen molar-refractivity contribution in [2.75, 3.05) is 20.7 Å². The highest BCUT2D eigenvalue weighted by Crippen LogP contribution is 2.14. The molecule has 1 rings (SSSR count). The lowest BCUT2D eigenvalue weighted by molar-refractivity contribution is 0.0551. The summed E-state index contributed by atoms with van der Waals surface area (Å²) in [4.78, 5) is 1.88. The van der Waals surface area contributed by atoms with Crippen LogP contribution in [0.3, 0.4) is 0 Å². The zero-order valence-electron chi connectivity index (χ0n) is 5.87. The van der Waals surface area contributed by atoms with Crippen molar-refractivity contribution in [1.29, 1.82) is 0 Å². The Bertz CT molecular complexity index is 87.1. The van der Waals surface area contributed by atoms with Crippen molar-refractivity contribution < 1.29 is 9.84 Å². The van der Waals surface area contributed by atoms with Crippen LogP contribution in [0.5, 0.6) is 0 Å². The van der Waals surface area contributed by atoms with Crippen LogP contribution >= 0.6 is 0 Å². The number of nitrogens with zero attached hydrogens (tertiary/aromatic N) is 1. The van der Waals surface area contributed by atoms with E-state index in [1.54, 1.807) is 7.11 Å². The van der Waals surface area contributed by atoms with E-state index in [4.69, 9.17) is 9.84 Å². The van der Waals surface area contributed by atoms with Crippen LogP contribution in [0.15, 0.2) is 0 Å². The Morgan fingerprint density at radius 3 is 2.56 bits per heavy atom. The molecule has 0 unspecified atom stereocenters. The van der Waals surface area contributed by atoms with Crippen molar-refractivity contribution in [3.63, 3.8) is 0 Å². The van der Waals surface area contributed by atoms with Gasteiger partial charge in [0.05, 0.1) is 6.10 Å². The molecule has 1 heterocycles. The second-order valence-corrected chi connectivity index (χ2v) is 2.51. The van der Waals surface area contributed by atoms with E-state index >= 15 is 0 Å². The Morgan fingerprint density at radius 1 is 1.67 bits per heavy atom. The summed E-state index contributed by atoms with van der Waals surface area (Å²) in [7, 11) is 3.57. The molecule has 9 heavy (non-hydrogen) atoms. The van der Waals surface area contributed by atoms with E-state index < -0.39 is 0 Å². The minimum Gasteiger partial charge on any atom is -0.380 e. The third kappa shape index (κ3) is 1.41. The minimum absolute atomic E-state index is 0.227. The molecule has 1 saturated heterocycles. The molecule has 0 radical (unpaired) electrons. The predicted octanol–water partition coefficient (Wildman–Crippen LogP) is -0.345. The van der Waals surface area contributed by atoms with Gasteiger partial charge in [-0.25, -0.2) is 0 Å². The highest BCUT2D eigenvalue weighted by atomic mass is 16.5. The largest absolute Gasteiger partial charge is 0.380 e. The van der Waals surface area contributed by atoms with Crippen molar-refractivity contribution in [3.05, 3.63) is 0 Å². The van der Waals surface area contributed by atoms with Gasteiger partial charge in [0.15, 0.2) is 0 Å². The summed E-state index contributed by atoms with van der Waals surface area (Å²) in [5, 5.41) is 9.15. The van der Waals surface area contributed by atoms with E-state index in [1.807, 2.05) is 11.9 Å². The maximum Gasteiger partial charge on any atom is 0.109 e. The standard InChI is InChI=1S/C6H13NO2/c1-7-4-5(9-2)3-6(7)8/h5-6,8H,3-4H2,1-2H3/t5-,6+/m1/s1. The fourth-order valence-corrected chi connectivity index (χ4v) is 1.10. The SMILES string of the molecule is CO[C@@H]1C[C@H](O)N(C)C1. The van der Waals surface area contributed by atoms with Gasteiger partial charge in [0.25, 0.3) is 0 Å². The van der Waals surface area contributed by atoms with Gasteiger partial charge in [-0.3, -0.25) is 4.90 Å². The van der Waals surface area contributed by atoms with Gasteiger partial charge in [-0.05, 0) is 7.05 Å². The molecule has 0 aliphatic carbocycles. The molecule has 0 aromatic carbocycles. The molecule has 2 atom stereocenters. The number of likely N-dealkylation sites (tertiary alicyclic amines) is 1. The number of likely N-dealkylation sites (N-methyl/N-ethyl adjacent to an activating group) is 1. The number of hydrogen-bond donors (Lipinski definition) is 1. The molecule has 1 fully saturated rings. The van der Waals surface area contributed by atoms with Gasteiger partial charge < -0.3 is 9.84 Å². The minimum atomic E-state index is -0.296. The summed E-state index contributed by atoms with van der Waals surface area (Å²) in [5.74, 6) is 0. The first kappa shape index (κ1) is 6.99. The molecule has 0 amide bonds. The number of rotatable bonds is 1. The number of aliphatic hydroxyl groups is 1. The third-order valence-electron chi connectivity index (χ3n) is 1.81. The van der Waals surface area contributed by atoms with Gasteiger partial charge in [0.2, 0.25) is 0 Å². The van der Waals surface area contributed by atoms with Gasteiger partial charge in [-0.2, -0.15) is 0 Å². The van der Waals surface area contributed by atoms with Crippen LogP contribution in [0, 0.1) is 0 Å². The van der Waals surface area contributed by atoms with E-state index in [2.05, 4.69) is 0 Å². The summed E-state index contributed by atoms with van der Waals surface area (Å²) in [6.07, 6.45) is 0.674. The zero-order chi connectivity index (χ0) is 6.85. The molecular formula is C6H13NO2. The van der Waals surface area contributed by atoms with Crippen LogP contribution < -0.4 is 0 Å². The van der Waals surface area contributed by atoms with Gasteiger partial charge in [-0.1, -0.05) is 0 Å². The Kier molecular flexibility index (Phi) is 2.05. The van der Waals surface area contributed by atoms with Crippen LogP contribution in [-0.4, -0.2) is 43.0 Å². The van der Waals surface area contributed by atoms with E-state index in [0.29, 0.717) is 0 Å². The highest BCUT2D eigenvalue weighted by Gasteiger charge is 2.26. The van der Waals surface area contributed by atoms with Crippen LogP contribution in [0.25, 0.3) is 0 Å².